The minimum absolute atomic E-state index is 0. The van der Waals surface area contributed by atoms with Gasteiger partial charge in [-0.3, -0.25) is 0 Å². The van der Waals surface area contributed by atoms with Crippen molar-refractivity contribution in [2.24, 2.45) is 5.73 Å². The Bertz CT molecular complexity index is 465. The minimum Gasteiger partial charge on any atom is -0.496 e. The third kappa shape index (κ3) is 2.77. The molecule has 0 aliphatic rings. The molecule has 1 aromatic carbocycles. The first-order valence-electron chi connectivity index (χ1n) is 5.27. The van der Waals surface area contributed by atoms with Crippen LogP contribution in [0, 0.1) is 0 Å². The zero-order chi connectivity index (χ0) is 12.3. The van der Waals surface area contributed by atoms with Crippen molar-refractivity contribution in [1.29, 1.82) is 0 Å². The van der Waals surface area contributed by atoms with Gasteiger partial charge in [0.15, 0.2) is 0 Å². The van der Waals surface area contributed by atoms with E-state index in [4.69, 9.17) is 15.2 Å². The van der Waals surface area contributed by atoms with Gasteiger partial charge in [-0.25, -0.2) is 0 Å². The Morgan fingerprint density at radius 2 is 1.67 bits per heavy atom. The molecule has 0 bridgehead atoms. The number of thiophene rings is 1. The fourth-order valence-corrected chi connectivity index (χ4v) is 2.53. The summed E-state index contributed by atoms with van der Waals surface area (Å²) in [6, 6.07) is 9.46. The predicted molar refractivity (Wildman–Crippen MR) is 77.1 cm³/mol. The Hall–Kier alpha value is -1.23. The van der Waals surface area contributed by atoms with Gasteiger partial charge in [0.2, 0.25) is 0 Å². The van der Waals surface area contributed by atoms with Gasteiger partial charge in [0.25, 0.3) is 0 Å². The van der Waals surface area contributed by atoms with Crippen molar-refractivity contribution in [3.63, 3.8) is 0 Å². The molecule has 2 N–H and O–H groups in total. The quantitative estimate of drug-likeness (QED) is 0.938. The van der Waals surface area contributed by atoms with E-state index >= 15 is 0 Å². The van der Waals surface area contributed by atoms with Crippen LogP contribution in [0.3, 0.4) is 0 Å². The topological polar surface area (TPSA) is 44.5 Å². The van der Waals surface area contributed by atoms with Crippen LogP contribution in [0.4, 0.5) is 0 Å². The van der Waals surface area contributed by atoms with Crippen LogP contribution in [-0.4, -0.2) is 14.2 Å². The summed E-state index contributed by atoms with van der Waals surface area (Å²) in [4.78, 5) is 1.09. The van der Waals surface area contributed by atoms with Crippen molar-refractivity contribution in [1.82, 2.24) is 0 Å². The molecule has 2 aromatic rings. The number of hydrogen-bond acceptors (Lipinski definition) is 4. The lowest BCUT2D eigenvalue weighted by Crippen LogP contribution is -2.13. The zero-order valence-electron chi connectivity index (χ0n) is 10.3. The van der Waals surface area contributed by atoms with E-state index in [0.29, 0.717) is 0 Å². The Kier molecular flexibility index (Phi) is 5.47. The summed E-state index contributed by atoms with van der Waals surface area (Å²) in [5.74, 6) is 1.51. The second-order valence-electron chi connectivity index (χ2n) is 3.57. The predicted octanol–water partition coefficient (Wildman–Crippen LogP) is 3.24. The molecular weight excluding hydrogens is 270 g/mol. The number of hydrogen-bond donors (Lipinski definition) is 1. The van der Waals surface area contributed by atoms with Crippen LogP contribution >= 0.6 is 23.7 Å². The number of rotatable bonds is 4. The van der Waals surface area contributed by atoms with Crippen LogP contribution in [0.5, 0.6) is 11.5 Å². The Morgan fingerprint density at radius 1 is 1.06 bits per heavy atom. The van der Waals surface area contributed by atoms with E-state index in [-0.39, 0.29) is 18.4 Å². The summed E-state index contributed by atoms with van der Waals surface area (Å²) in [7, 11) is 3.28. The van der Waals surface area contributed by atoms with Crippen LogP contribution < -0.4 is 15.2 Å². The number of methoxy groups -OCH3 is 2. The molecule has 1 atom stereocenters. The molecule has 0 unspecified atom stereocenters. The summed E-state index contributed by atoms with van der Waals surface area (Å²) in [6.07, 6.45) is 0. The van der Waals surface area contributed by atoms with Crippen LogP contribution in [0.2, 0.25) is 0 Å². The SMILES string of the molecule is COc1cccc(OC)c1[C@@H](N)c1cccs1.Cl. The Labute approximate surface area is 117 Å². The molecule has 0 aliphatic heterocycles. The number of ether oxygens (including phenoxy) is 2. The molecule has 0 saturated heterocycles. The van der Waals surface area contributed by atoms with Gasteiger partial charge in [-0.1, -0.05) is 12.1 Å². The van der Waals surface area contributed by atoms with E-state index < -0.39 is 0 Å². The van der Waals surface area contributed by atoms with Gasteiger partial charge in [0.1, 0.15) is 11.5 Å². The van der Waals surface area contributed by atoms with E-state index in [1.54, 1.807) is 25.6 Å². The fourth-order valence-electron chi connectivity index (χ4n) is 1.80. The largest absolute Gasteiger partial charge is 0.496 e. The maximum absolute atomic E-state index is 6.26. The van der Waals surface area contributed by atoms with Crippen molar-refractivity contribution in [2.75, 3.05) is 14.2 Å². The molecule has 1 aromatic heterocycles. The van der Waals surface area contributed by atoms with Crippen LogP contribution in [0.25, 0.3) is 0 Å². The first-order valence-corrected chi connectivity index (χ1v) is 6.15. The molecule has 1 heterocycles. The Morgan fingerprint density at radius 3 is 2.11 bits per heavy atom. The van der Waals surface area contributed by atoms with E-state index in [1.165, 1.54) is 0 Å². The lowest BCUT2D eigenvalue weighted by Gasteiger charge is -2.17. The maximum atomic E-state index is 6.26. The molecule has 18 heavy (non-hydrogen) atoms. The fraction of sp³-hybridized carbons (Fsp3) is 0.231. The van der Waals surface area contributed by atoms with Crippen molar-refractivity contribution >= 4 is 23.7 Å². The molecule has 98 valence electrons. The highest BCUT2D eigenvalue weighted by molar-refractivity contribution is 7.10. The molecule has 0 fully saturated rings. The molecule has 0 aliphatic carbocycles. The smallest absolute Gasteiger partial charge is 0.127 e. The summed E-state index contributed by atoms with van der Waals surface area (Å²) in [5.41, 5.74) is 7.15. The van der Waals surface area contributed by atoms with Gasteiger partial charge in [-0.15, -0.1) is 23.7 Å². The summed E-state index contributed by atoms with van der Waals surface area (Å²) >= 11 is 1.63. The van der Waals surface area contributed by atoms with E-state index in [1.807, 2.05) is 35.7 Å². The average Bonchev–Trinajstić information content (AvgIpc) is 2.90. The third-order valence-corrected chi connectivity index (χ3v) is 3.58. The van der Waals surface area contributed by atoms with Crippen molar-refractivity contribution < 1.29 is 9.47 Å². The van der Waals surface area contributed by atoms with Gasteiger partial charge in [-0.2, -0.15) is 0 Å². The van der Waals surface area contributed by atoms with Gasteiger partial charge in [-0.05, 0) is 23.6 Å². The van der Waals surface area contributed by atoms with Gasteiger partial charge >= 0.3 is 0 Å². The van der Waals surface area contributed by atoms with E-state index in [2.05, 4.69) is 0 Å². The normalized spacial score (nSPS) is 11.5. The minimum atomic E-state index is -0.221. The van der Waals surface area contributed by atoms with Crippen molar-refractivity contribution in [3.8, 4) is 11.5 Å². The van der Waals surface area contributed by atoms with Crippen LogP contribution in [0.15, 0.2) is 35.7 Å². The lowest BCUT2D eigenvalue weighted by atomic mass is 10.0. The van der Waals surface area contributed by atoms with Crippen LogP contribution in [0.1, 0.15) is 16.5 Å². The first kappa shape index (κ1) is 14.8. The number of nitrogens with two attached hydrogens (primary N) is 1. The van der Waals surface area contributed by atoms with Crippen LogP contribution in [-0.2, 0) is 0 Å². The Balaban J connectivity index is 0.00000162. The van der Waals surface area contributed by atoms with Crippen molar-refractivity contribution in [3.05, 3.63) is 46.2 Å². The zero-order valence-corrected chi connectivity index (χ0v) is 11.9. The van der Waals surface area contributed by atoms with E-state index in [9.17, 15) is 0 Å². The first-order chi connectivity index (χ1) is 8.27. The molecule has 0 spiro atoms. The molecule has 0 radical (unpaired) electrons. The summed E-state index contributed by atoms with van der Waals surface area (Å²) in [5, 5.41) is 2.01. The maximum Gasteiger partial charge on any atom is 0.127 e. The molecule has 5 heteroatoms. The third-order valence-electron chi connectivity index (χ3n) is 2.63. The number of halogens is 1. The van der Waals surface area contributed by atoms with Gasteiger partial charge in [0, 0.05) is 4.88 Å². The van der Waals surface area contributed by atoms with Gasteiger partial charge in [0.05, 0.1) is 25.8 Å². The van der Waals surface area contributed by atoms with Gasteiger partial charge < -0.3 is 15.2 Å². The highest BCUT2D eigenvalue weighted by Crippen LogP contribution is 2.37. The lowest BCUT2D eigenvalue weighted by molar-refractivity contribution is 0.382. The molecule has 0 saturated carbocycles. The molecule has 2 rings (SSSR count). The highest BCUT2D eigenvalue weighted by atomic mass is 35.5. The number of benzene rings is 1. The molecular formula is C13H16ClNO2S. The second kappa shape index (κ2) is 6.64. The molecule has 0 amide bonds. The monoisotopic (exact) mass is 285 g/mol. The average molecular weight is 286 g/mol. The summed E-state index contributed by atoms with van der Waals surface area (Å²) in [6.45, 7) is 0. The van der Waals surface area contributed by atoms with Crippen molar-refractivity contribution in [2.45, 2.75) is 6.04 Å². The second-order valence-corrected chi connectivity index (χ2v) is 4.55. The highest BCUT2D eigenvalue weighted by Gasteiger charge is 2.19. The molecule has 3 nitrogen and oxygen atoms in total. The van der Waals surface area contributed by atoms with E-state index in [0.717, 1.165) is 21.9 Å². The standard InChI is InChI=1S/C13H15NO2S.ClH/c1-15-9-5-3-6-10(16-2)12(9)13(14)11-7-4-8-17-11;/h3-8,13H,14H2,1-2H3;1H/t13-;/m0./s1. The summed E-state index contributed by atoms with van der Waals surface area (Å²) < 4.78 is 10.7.